The van der Waals surface area contributed by atoms with E-state index in [2.05, 4.69) is 30.1 Å². The molecule has 1 aliphatic rings. The first-order valence-corrected chi connectivity index (χ1v) is 8.05. The van der Waals surface area contributed by atoms with Crippen molar-refractivity contribution >= 4 is 0 Å². The summed E-state index contributed by atoms with van der Waals surface area (Å²) in [6.45, 7) is 6.80. The van der Waals surface area contributed by atoms with Gasteiger partial charge < -0.3 is 10.2 Å². The minimum atomic E-state index is -0.309. The Labute approximate surface area is 119 Å². The third-order valence-corrected chi connectivity index (χ3v) is 4.72. The average molecular weight is 265 g/mol. The lowest BCUT2D eigenvalue weighted by Crippen LogP contribution is -2.43. The summed E-state index contributed by atoms with van der Waals surface area (Å²) < 4.78 is 0. The van der Waals surface area contributed by atoms with Crippen LogP contribution in [0, 0.1) is 11.3 Å². The van der Waals surface area contributed by atoms with Gasteiger partial charge in [-0.05, 0) is 58.7 Å². The SMILES string of the molecule is CCCC1CCCCN1CCCC(C#N)(CC)NC. The van der Waals surface area contributed by atoms with E-state index in [1.54, 1.807) is 0 Å². The van der Waals surface area contributed by atoms with E-state index in [9.17, 15) is 5.26 Å². The van der Waals surface area contributed by atoms with Gasteiger partial charge in [-0.3, -0.25) is 0 Å². The molecule has 0 bridgehead atoms. The molecule has 1 heterocycles. The number of hydrogen-bond acceptors (Lipinski definition) is 3. The Hall–Kier alpha value is -0.590. The molecule has 1 rings (SSSR count). The fourth-order valence-corrected chi connectivity index (χ4v) is 3.27. The van der Waals surface area contributed by atoms with E-state index in [0.717, 1.165) is 31.8 Å². The zero-order chi connectivity index (χ0) is 14.1. The van der Waals surface area contributed by atoms with Gasteiger partial charge in [-0.1, -0.05) is 26.7 Å². The standard InChI is InChI=1S/C16H31N3/c1-4-9-15-10-6-7-12-19(15)13-8-11-16(5-2,14-17)18-3/h15,18H,4-13H2,1-3H3. The van der Waals surface area contributed by atoms with Gasteiger partial charge in [0, 0.05) is 6.04 Å². The average Bonchev–Trinajstić information content (AvgIpc) is 2.46. The van der Waals surface area contributed by atoms with Gasteiger partial charge in [-0.15, -0.1) is 0 Å². The van der Waals surface area contributed by atoms with Crippen molar-refractivity contribution in [2.75, 3.05) is 20.1 Å². The number of likely N-dealkylation sites (tertiary alicyclic amines) is 1. The zero-order valence-corrected chi connectivity index (χ0v) is 13.0. The molecule has 0 aromatic carbocycles. The second-order valence-electron chi connectivity index (χ2n) is 5.88. The van der Waals surface area contributed by atoms with Crippen LogP contribution in [-0.4, -0.2) is 36.6 Å². The highest BCUT2D eigenvalue weighted by Crippen LogP contribution is 2.23. The predicted molar refractivity (Wildman–Crippen MR) is 81.0 cm³/mol. The van der Waals surface area contributed by atoms with Gasteiger partial charge in [0.1, 0.15) is 5.54 Å². The molecule has 1 fully saturated rings. The summed E-state index contributed by atoms with van der Waals surface area (Å²) in [7, 11) is 1.91. The van der Waals surface area contributed by atoms with E-state index in [-0.39, 0.29) is 5.54 Å². The van der Waals surface area contributed by atoms with Crippen molar-refractivity contribution < 1.29 is 0 Å². The molecule has 0 aromatic rings. The molecular weight excluding hydrogens is 234 g/mol. The summed E-state index contributed by atoms with van der Waals surface area (Å²) in [6, 6.07) is 3.26. The molecule has 1 aliphatic heterocycles. The van der Waals surface area contributed by atoms with E-state index in [0.29, 0.717) is 0 Å². The fourth-order valence-electron chi connectivity index (χ4n) is 3.27. The summed E-state index contributed by atoms with van der Waals surface area (Å²) in [5, 5.41) is 12.5. The maximum Gasteiger partial charge on any atom is 0.106 e. The monoisotopic (exact) mass is 265 g/mol. The Kier molecular flexibility index (Phi) is 7.41. The lowest BCUT2D eigenvalue weighted by molar-refractivity contribution is 0.134. The van der Waals surface area contributed by atoms with Gasteiger partial charge in [0.25, 0.3) is 0 Å². The molecule has 3 nitrogen and oxygen atoms in total. The molecule has 0 radical (unpaired) electrons. The van der Waals surface area contributed by atoms with Crippen LogP contribution in [0.4, 0.5) is 0 Å². The highest BCUT2D eigenvalue weighted by molar-refractivity contribution is 5.05. The van der Waals surface area contributed by atoms with Crippen LogP contribution in [0.2, 0.25) is 0 Å². The molecule has 1 N–H and O–H groups in total. The maximum atomic E-state index is 9.32. The number of piperidine rings is 1. The third kappa shape index (κ3) is 4.78. The van der Waals surface area contributed by atoms with Crippen molar-refractivity contribution in [1.82, 2.24) is 10.2 Å². The molecule has 0 aromatic heterocycles. The first kappa shape index (κ1) is 16.5. The maximum absolute atomic E-state index is 9.32. The fraction of sp³-hybridized carbons (Fsp3) is 0.938. The highest BCUT2D eigenvalue weighted by atomic mass is 15.2. The highest BCUT2D eigenvalue weighted by Gasteiger charge is 2.26. The van der Waals surface area contributed by atoms with Crippen LogP contribution < -0.4 is 5.32 Å². The molecule has 0 spiro atoms. The summed E-state index contributed by atoms with van der Waals surface area (Å²) in [4.78, 5) is 2.67. The quantitative estimate of drug-likeness (QED) is 0.732. The first-order chi connectivity index (χ1) is 9.21. The van der Waals surface area contributed by atoms with E-state index in [1.165, 1.54) is 38.6 Å². The molecule has 2 atom stereocenters. The topological polar surface area (TPSA) is 39.1 Å². The van der Waals surface area contributed by atoms with Crippen LogP contribution in [0.3, 0.4) is 0 Å². The molecular formula is C16H31N3. The van der Waals surface area contributed by atoms with Crippen molar-refractivity contribution in [3.05, 3.63) is 0 Å². The van der Waals surface area contributed by atoms with Gasteiger partial charge in [-0.25, -0.2) is 0 Å². The number of nitrogens with one attached hydrogen (secondary N) is 1. The predicted octanol–water partition coefficient (Wildman–Crippen LogP) is 3.31. The third-order valence-electron chi connectivity index (χ3n) is 4.72. The van der Waals surface area contributed by atoms with Crippen molar-refractivity contribution in [1.29, 1.82) is 5.26 Å². The first-order valence-electron chi connectivity index (χ1n) is 8.05. The van der Waals surface area contributed by atoms with Gasteiger partial charge in [0.05, 0.1) is 6.07 Å². The van der Waals surface area contributed by atoms with E-state index >= 15 is 0 Å². The normalized spacial score (nSPS) is 23.8. The summed E-state index contributed by atoms with van der Waals surface area (Å²) >= 11 is 0. The summed E-state index contributed by atoms with van der Waals surface area (Å²) in [6.07, 6.45) is 9.72. The second kappa shape index (κ2) is 8.55. The molecule has 110 valence electrons. The Bertz CT molecular complexity index is 276. The Morgan fingerprint density at radius 3 is 2.74 bits per heavy atom. The van der Waals surface area contributed by atoms with Crippen LogP contribution in [0.25, 0.3) is 0 Å². The molecule has 3 heteroatoms. The minimum Gasteiger partial charge on any atom is -0.302 e. The molecule has 0 aliphatic carbocycles. The molecule has 19 heavy (non-hydrogen) atoms. The molecule has 0 saturated carbocycles. The van der Waals surface area contributed by atoms with Gasteiger partial charge in [-0.2, -0.15) is 5.26 Å². The van der Waals surface area contributed by atoms with Crippen LogP contribution in [0.15, 0.2) is 0 Å². The van der Waals surface area contributed by atoms with Gasteiger partial charge in [0.15, 0.2) is 0 Å². The van der Waals surface area contributed by atoms with E-state index < -0.39 is 0 Å². The molecule has 1 saturated heterocycles. The van der Waals surface area contributed by atoms with Crippen molar-refractivity contribution in [2.45, 2.75) is 76.8 Å². The van der Waals surface area contributed by atoms with Crippen molar-refractivity contribution in [3.63, 3.8) is 0 Å². The van der Waals surface area contributed by atoms with Crippen LogP contribution in [0.1, 0.15) is 65.2 Å². The number of nitrogens with zero attached hydrogens (tertiary/aromatic N) is 2. The Balaban J connectivity index is 2.40. The number of nitriles is 1. The van der Waals surface area contributed by atoms with E-state index in [4.69, 9.17) is 0 Å². The van der Waals surface area contributed by atoms with Gasteiger partial charge in [0.2, 0.25) is 0 Å². The number of hydrogen-bond donors (Lipinski definition) is 1. The van der Waals surface area contributed by atoms with Crippen molar-refractivity contribution in [2.24, 2.45) is 0 Å². The Morgan fingerprint density at radius 2 is 2.16 bits per heavy atom. The van der Waals surface area contributed by atoms with E-state index in [1.807, 2.05) is 7.05 Å². The number of rotatable bonds is 8. The smallest absolute Gasteiger partial charge is 0.106 e. The van der Waals surface area contributed by atoms with Crippen LogP contribution in [-0.2, 0) is 0 Å². The largest absolute Gasteiger partial charge is 0.302 e. The second-order valence-corrected chi connectivity index (χ2v) is 5.88. The van der Waals surface area contributed by atoms with Crippen LogP contribution in [0.5, 0.6) is 0 Å². The van der Waals surface area contributed by atoms with Crippen LogP contribution >= 0.6 is 0 Å². The minimum absolute atomic E-state index is 0.309. The zero-order valence-electron chi connectivity index (χ0n) is 13.0. The summed E-state index contributed by atoms with van der Waals surface area (Å²) in [5.74, 6) is 0. The Morgan fingerprint density at radius 1 is 1.37 bits per heavy atom. The lowest BCUT2D eigenvalue weighted by atomic mass is 9.91. The lowest BCUT2D eigenvalue weighted by Gasteiger charge is -2.36. The molecule has 0 amide bonds. The van der Waals surface area contributed by atoms with Gasteiger partial charge >= 0.3 is 0 Å². The summed E-state index contributed by atoms with van der Waals surface area (Å²) in [5.41, 5.74) is -0.309. The van der Waals surface area contributed by atoms with Crippen molar-refractivity contribution in [3.8, 4) is 6.07 Å². The molecule has 2 unspecified atom stereocenters.